The third-order valence-electron chi connectivity index (χ3n) is 3.29. The molecule has 0 spiro atoms. The molecule has 5 nitrogen and oxygen atoms in total. The van der Waals surface area contributed by atoms with Crippen molar-refractivity contribution in [3.05, 3.63) is 60.0 Å². The van der Waals surface area contributed by atoms with E-state index in [4.69, 9.17) is 4.74 Å². The molecular formula is C17H15N3O2S. The third-order valence-corrected chi connectivity index (χ3v) is 4.41. The summed E-state index contributed by atoms with van der Waals surface area (Å²) in [5.74, 6) is 0.291. The van der Waals surface area contributed by atoms with Gasteiger partial charge in [-0.15, -0.1) is 0 Å². The first-order chi connectivity index (χ1) is 11.2. The Morgan fingerprint density at radius 3 is 2.78 bits per heavy atom. The Labute approximate surface area is 138 Å². The zero-order chi connectivity index (χ0) is 16.2. The first kappa shape index (κ1) is 15.2. The molecular weight excluding hydrogens is 310 g/mol. The highest BCUT2D eigenvalue weighted by Crippen LogP contribution is 2.32. The Hall–Kier alpha value is -2.73. The number of thiazole rings is 1. The van der Waals surface area contributed by atoms with Crippen LogP contribution in [0.2, 0.25) is 0 Å². The van der Waals surface area contributed by atoms with Crippen LogP contribution in [0.3, 0.4) is 0 Å². The molecule has 0 aliphatic carbocycles. The van der Waals surface area contributed by atoms with E-state index in [-0.39, 0.29) is 5.91 Å². The van der Waals surface area contributed by atoms with Crippen LogP contribution < -0.4 is 10.1 Å². The second-order valence-corrected chi connectivity index (χ2v) is 5.83. The monoisotopic (exact) mass is 325 g/mol. The van der Waals surface area contributed by atoms with Gasteiger partial charge >= 0.3 is 0 Å². The highest BCUT2D eigenvalue weighted by Gasteiger charge is 2.15. The predicted octanol–water partition coefficient (Wildman–Crippen LogP) is 3.77. The average Bonchev–Trinajstić information content (AvgIpc) is 2.95. The van der Waals surface area contributed by atoms with Gasteiger partial charge in [0.2, 0.25) is 0 Å². The fourth-order valence-electron chi connectivity index (χ4n) is 2.21. The maximum absolute atomic E-state index is 12.4. The van der Waals surface area contributed by atoms with Crippen molar-refractivity contribution in [3.8, 4) is 16.2 Å². The molecule has 116 valence electrons. The van der Waals surface area contributed by atoms with Crippen molar-refractivity contribution in [2.24, 2.45) is 0 Å². The van der Waals surface area contributed by atoms with Crippen LogP contribution in [-0.4, -0.2) is 23.0 Å². The van der Waals surface area contributed by atoms with Crippen LogP contribution in [0.15, 0.2) is 48.8 Å². The summed E-state index contributed by atoms with van der Waals surface area (Å²) in [6, 6.07) is 10.9. The molecule has 0 saturated carbocycles. The van der Waals surface area contributed by atoms with E-state index in [2.05, 4.69) is 15.3 Å². The van der Waals surface area contributed by atoms with Gasteiger partial charge in [0, 0.05) is 18.0 Å². The normalized spacial score (nSPS) is 10.3. The summed E-state index contributed by atoms with van der Waals surface area (Å²) in [6.45, 7) is 1.91. The number of carbonyl (C=O) groups excluding carboxylic acids is 1. The molecule has 23 heavy (non-hydrogen) atoms. The molecule has 0 radical (unpaired) electrons. The minimum atomic E-state index is -0.242. The number of carbonyl (C=O) groups is 1. The number of nitrogens with one attached hydrogen (secondary N) is 1. The van der Waals surface area contributed by atoms with E-state index in [1.807, 2.05) is 25.1 Å². The maximum atomic E-state index is 12.4. The Kier molecular flexibility index (Phi) is 4.34. The molecule has 0 saturated heterocycles. The molecule has 3 aromatic rings. The number of aromatic nitrogens is 2. The zero-order valence-corrected chi connectivity index (χ0v) is 13.6. The van der Waals surface area contributed by atoms with Gasteiger partial charge in [-0.25, -0.2) is 4.98 Å². The lowest BCUT2D eigenvalue weighted by Crippen LogP contribution is -2.12. The van der Waals surface area contributed by atoms with Crippen LogP contribution in [0, 0.1) is 6.92 Å². The molecule has 2 aromatic heterocycles. The molecule has 1 N–H and O–H groups in total. The minimum absolute atomic E-state index is 0.242. The molecule has 0 unspecified atom stereocenters. The number of hydrogen-bond acceptors (Lipinski definition) is 5. The summed E-state index contributed by atoms with van der Waals surface area (Å²) >= 11 is 1.43. The first-order valence-corrected chi connectivity index (χ1v) is 7.83. The molecule has 0 aliphatic rings. The van der Waals surface area contributed by atoms with Gasteiger partial charge in [0.15, 0.2) is 5.13 Å². The van der Waals surface area contributed by atoms with Crippen molar-refractivity contribution in [1.82, 2.24) is 9.97 Å². The smallest absolute Gasteiger partial charge is 0.261 e. The van der Waals surface area contributed by atoms with Crippen LogP contribution in [0.4, 0.5) is 5.13 Å². The van der Waals surface area contributed by atoms with Gasteiger partial charge in [-0.05, 0) is 25.1 Å². The molecule has 3 rings (SSSR count). The number of para-hydroxylation sites is 1. The van der Waals surface area contributed by atoms with E-state index in [1.165, 1.54) is 11.3 Å². The standard InChI is InChI=1S/C17H15N3O2S/c1-11-15(12-6-5-9-18-10-12)23-17(19-11)20-16(21)13-7-3-4-8-14(13)22-2/h3-10H,1-2H3,(H,19,20,21). The van der Waals surface area contributed by atoms with Gasteiger partial charge in [0.1, 0.15) is 5.75 Å². The fraction of sp³-hybridized carbons (Fsp3) is 0.118. The molecule has 6 heteroatoms. The molecule has 1 aromatic carbocycles. The maximum Gasteiger partial charge on any atom is 0.261 e. The SMILES string of the molecule is COc1ccccc1C(=O)Nc1nc(C)c(-c2cccnc2)s1. The van der Waals surface area contributed by atoms with Crippen molar-refractivity contribution in [2.75, 3.05) is 12.4 Å². The minimum Gasteiger partial charge on any atom is -0.496 e. The van der Waals surface area contributed by atoms with Crippen LogP contribution >= 0.6 is 11.3 Å². The molecule has 0 aliphatic heterocycles. The summed E-state index contributed by atoms with van der Waals surface area (Å²) in [6.07, 6.45) is 3.51. The number of nitrogens with zero attached hydrogens (tertiary/aromatic N) is 2. The Bertz CT molecular complexity index is 831. The lowest BCUT2D eigenvalue weighted by Gasteiger charge is -2.06. The van der Waals surface area contributed by atoms with Crippen molar-refractivity contribution in [3.63, 3.8) is 0 Å². The van der Waals surface area contributed by atoms with Gasteiger partial charge in [0.25, 0.3) is 5.91 Å². The Morgan fingerprint density at radius 1 is 1.22 bits per heavy atom. The number of pyridine rings is 1. The van der Waals surface area contributed by atoms with E-state index >= 15 is 0 Å². The second kappa shape index (κ2) is 6.58. The number of methoxy groups -OCH3 is 1. The lowest BCUT2D eigenvalue weighted by atomic mass is 10.2. The Balaban J connectivity index is 1.85. The summed E-state index contributed by atoms with van der Waals surface area (Å²) in [4.78, 5) is 22.0. The zero-order valence-electron chi connectivity index (χ0n) is 12.7. The number of anilines is 1. The van der Waals surface area contributed by atoms with Crippen molar-refractivity contribution >= 4 is 22.4 Å². The third kappa shape index (κ3) is 3.22. The van der Waals surface area contributed by atoms with Gasteiger partial charge < -0.3 is 4.74 Å². The summed E-state index contributed by atoms with van der Waals surface area (Å²) in [7, 11) is 1.54. The average molecular weight is 325 g/mol. The molecule has 0 atom stereocenters. The van der Waals surface area contributed by atoms with E-state index in [0.717, 1.165) is 16.1 Å². The lowest BCUT2D eigenvalue weighted by molar-refractivity contribution is 0.102. The van der Waals surface area contributed by atoms with Crippen LogP contribution in [-0.2, 0) is 0 Å². The van der Waals surface area contributed by atoms with E-state index in [0.29, 0.717) is 16.4 Å². The second-order valence-electron chi connectivity index (χ2n) is 4.83. The fourth-order valence-corrected chi connectivity index (χ4v) is 3.16. The van der Waals surface area contributed by atoms with Crippen LogP contribution in [0.1, 0.15) is 16.1 Å². The van der Waals surface area contributed by atoms with Crippen molar-refractivity contribution in [2.45, 2.75) is 6.92 Å². The number of ether oxygens (including phenoxy) is 1. The molecule has 1 amide bonds. The largest absolute Gasteiger partial charge is 0.496 e. The Morgan fingerprint density at radius 2 is 2.04 bits per heavy atom. The highest BCUT2D eigenvalue weighted by molar-refractivity contribution is 7.19. The van der Waals surface area contributed by atoms with Crippen molar-refractivity contribution in [1.29, 1.82) is 0 Å². The quantitative estimate of drug-likeness (QED) is 0.793. The van der Waals surface area contributed by atoms with Gasteiger partial charge in [0.05, 0.1) is 23.2 Å². The number of benzene rings is 1. The number of aryl methyl sites for hydroxylation is 1. The number of hydrogen-bond donors (Lipinski definition) is 1. The van der Waals surface area contributed by atoms with E-state index in [1.54, 1.807) is 37.7 Å². The first-order valence-electron chi connectivity index (χ1n) is 7.01. The van der Waals surface area contributed by atoms with E-state index < -0.39 is 0 Å². The molecule has 0 bridgehead atoms. The van der Waals surface area contributed by atoms with Crippen LogP contribution in [0.25, 0.3) is 10.4 Å². The van der Waals surface area contributed by atoms with Gasteiger partial charge in [-0.2, -0.15) is 0 Å². The summed E-state index contributed by atoms with van der Waals surface area (Å²) in [5, 5.41) is 3.38. The van der Waals surface area contributed by atoms with Gasteiger partial charge in [-0.3, -0.25) is 15.1 Å². The van der Waals surface area contributed by atoms with E-state index in [9.17, 15) is 4.79 Å². The predicted molar refractivity (Wildman–Crippen MR) is 91.0 cm³/mol. The number of rotatable bonds is 4. The van der Waals surface area contributed by atoms with Gasteiger partial charge in [-0.1, -0.05) is 29.5 Å². The topological polar surface area (TPSA) is 64.1 Å². The van der Waals surface area contributed by atoms with Crippen molar-refractivity contribution < 1.29 is 9.53 Å². The molecule has 2 heterocycles. The highest BCUT2D eigenvalue weighted by atomic mass is 32.1. The summed E-state index contributed by atoms with van der Waals surface area (Å²) in [5.41, 5.74) is 2.32. The summed E-state index contributed by atoms with van der Waals surface area (Å²) < 4.78 is 5.22. The van der Waals surface area contributed by atoms with Crippen LogP contribution in [0.5, 0.6) is 5.75 Å². The molecule has 0 fully saturated rings. The number of amides is 1.